The lowest BCUT2D eigenvalue weighted by Gasteiger charge is -2.17. The SMILES string of the molecule is C[C@H](NS(=O)(=O)c1ccccc1C(F)(F)F)C(=O)NCc1ccncc1. The summed E-state index contributed by atoms with van der Waals surface area (Å²) in [6.07, 6.45) is -1.78. The van der Waals surface area contributed by atoms with Crippen molar-refractivity contribution in [2.75, 3.05) is 0 Å². The van der Waals surface area contributed by atoms with Crippen LogP contribution in [0.2, 0.25) is 0 Å². The van der Waals surface area contributed by atoms with Crippen molar-refractivity contribution in [3.63, 3.8) is 0 Å². The monoisotopic (exact) mass is 387 g/mol. The largest absolute Gasteiger partial charge is 0.417 e. The summed E-state index contributed by atoms with van der Waals surface area (Å²) in [5.41, 5.74) is -0.553. The minimum Gasteiger partial charge on any atom is -0.351 e. The van der Waals surface area contributed by atoms with Crippen molar-refractivity contribution < 1.29 is 26.4 Å². The number of benzene rings is 1. The molecule has 0 aliphatic carbocycles. The Morgan fingerprint density at radius 1 is 1.15 bits per heavy atom. The quantitative estimate of drug-likeness (QED) is 0.795. The normalized spacial score (nSPS) is 13.2. The highest BCUT2D eigenvalue weighted by atomic mass is 32.2. The van der Waals surface area contributed by atoms with Gasteiger partial charge >= 0.3 is 6.18 Å². The molecule has 1 aromatic heterocycles. The molecule has 2 N–H and O–H groups in total. The summed E-state index contributed by atoms with van der Waals surface area (Å²) in [7, 11) is -4.54. The van der Waals surface area contributed by atoms with Gasteiger partial charge in [-0.2, -0.15) is 17.9 Å². The smallest absolute Gasteiger partial charge is 0.351 e. The number of hydrogen-bond donors (Lipinski definition) is 2. The Kier molecular flexibility index (Phi) is 5.98. The number of carbonyl (C=O) groups is 1. The number of nitrogens with zero attached hydrogens (tertiary/aromatic N) is 1. The van der Waals surface area contributed by atoms with Gasteiger partial charge in [-0.05, 0) is 36.8 Å². The summed E-state index contributed by atoms with van der Waals surface area (Å²) in [6.45, 7) is 1.38. The highest BCUT2D eigenvalue weighted by molar-refractivity contribution is 7.89. The Labute approximate surface area is 148 Å². The van der Waals surface area contributed by atoms with E-state index in [1.807, 2.05) is 4.72 Å². The zero-order chi connectivity index (χ0) is 19.4. The number of amides is 1. The molecule has 140 valence electrons. The van der Waals surface area contributed by atoms with Gasteiger partial charge in [0.2, 0.25) is 15.9 Å². The van der Waals surface area contributed by atoms with Gasteiger partial charge in [0.1, 0.15) is 0 Å². The minimum atomic E-state index is -4.84. The molecule has 1 aromatic carbocycles. The van der Waals surface area contributed by atoms with E-state index >= 15 is 0 Å². The number of aromatic nitrogens is 1. The molecule has 2 rings (SSSR count). The number of sulfonamides is 1. The maximum atomic E-state index is 13.0. The third kappa shape index (κ3) is 5.02. The van der Waals surface area contributed by atoms with E-state index in [4.69, 9.17) is 0 Å². The Bertz CT molecular complexity index is 871. The van der Waals surface area contributed by atoms with Crippen LogP contribution in [0.25, 0.3) is 0 Å². The topological polar surface area (TPSA) is 88.2 Å². The van der Waals surface area contributed by atoms with E-state index in [9.17, 15) is 26.4 Å². The first-order valence-electron chi connectivity index (χ1n) is 7.46. The molecule has 0 fully saturated rings. The molecule has 0 spiro atoms. The van der Waals surface area contributed by atoms with Crippen LogP contribution in [0.15, 0.2) is 53.7 Å². The fourth-order valence-corrected chi connectivity index (χ4v) is 3.56. The molecule has 0 saturated carbocycles. The maximum absolute atomic E-state index is 13.0. The maximum Gasteiger partial charge on any atom is 0.417 e. The predicted molar refractivity (Wildman–Crippen MR) is 87.3 cm³/mol. The van der Waals surface area contributed by atoms with Gasteiger partial charge in [-0.3, -0.25) is 9.78 Å². The van der Waals surface area contributed by atoms with Gasteiger partial charge in [0.25, 0.3) is 0 Å². The van der Waals surface area contributed by atoms with Gasteiger partial charge in [0, 0.05) is 18.9 Å². The summed E-state index contributed by atoms with van der Waals surface area (Å²) in [6, 6.07) is 5.84. The van der Waals surface area contributed by atoms with E-state index < -0.39 is 38.6 Å². The van der Waals surface area contributed by atoms with Gasteiger partial charge in [-0.1, -0.05) is 12.1 Å². The number of hydrogen-bond acceptors (Lipinski definition) is 4. The molecule has 2 aromatic rings. The Hall–Kier alpha value is -2.46. The average molecular weight is 387 g/mol. The number of halogens is 3. The third-order valence-corrected chi connectivity index (χ3v) is 5.02. The van der Waals surface area contributed by atoms with Crippen molar-refractivity contribution >= 4 is 15.9 Å². The molecule has 1 atom stereocenters. The number of rotatable bonds is 6. The van der Waals surface area contributed by atoms with Crippen molar-refractivity contribution in [1.29, 1.82) is 0 Å². The second-order valence-electron chi connectivity index (χ2n) is 5.41. The second kappa shape index (κ2) is 7.83. The van der Waals surface area contributed by atoms with Gasteiger partial charge < -0.3 is 5.32 Å². The molecule has 10 heteroatoms. The highest BCUT2D eigenvalue weighted by Gasteiger charge is 2.37. The van der Waals surface area contributed by atoms with E-state index in [1.54, 1.807) is 12.1 Å². The molecule has 1 amide bonds. The molecule has 1 heterocycles. The van der Waals surface area contributed by atoms with Crippen LogP contribution >= 0.6 is 0 Å². The van der Waals surface area contributed by atoms with E-state index in [0.29, 0.717) is 6.07 Å². The highest BCUT2D eigenvalue weighted by Crippen LogP contribution is 2.33. The average Bonchev–Trinajstić information content (AvgIpc) is 2.59. The van der Waals surface area contributed by atoms with Gasteiger partial charge in [0.05, 0.1) is 16.5 Å². The predicted octanol–water partition coefficient (Wildman–Crippen LogP) is 2.08. The van der Waals surface area contributed by atoms with Gasteiger partial charge in [-0.15, -0.1) is 0 Å². The van der Waals surface area contributed by atoms with Crippen molar-refractivity contribution in [2.45, 2.75) is 30.6 Å². The van der Waals surface area contributed by atoms with Crippen LogP contribution in [0.4, 0.5) is 13.2 Å². The molecule has 6 nitrogen and oxygen atoms in total. The minimum absolute atomic E-state index is 0.132. The molecular formula is C16H16F3N3O3S. The summed E-state index contributed by atoms with van der Waals surface area (Å²) in [4.78, 5) is 14.9. The summed E-state index contributed by atoms with van der Waals surface area (Å²) >= 11 is 0. The van der Waals surface area contributed by atoms with Crippen molar-refractivity contribution in [2.24, 2.45) is 0 Å². The zero-order valence-electron chi connectivity index (χ0n) is 13.6. The number of carbonyl (C=O) groups excluding carboxylic acids is 1. The van der Waals surface area contributed by atoms with E-state index in [0.717, 1.165) is 17.7 Å². The van der Waals surface area contributed by atoms with Crippen molar-refractivity contribution in [1.82, 2.24) is 15.0 Å². The van der Waals surface area contributed by atoms with Crippen LogP contribution in [-0.4, -0.2) is 25.4 Å². The lowest BCUT2D eigenvalue weighted by Crippen LogP contribution is -2.44. The standard InChI is InChI=1S/C16H16F3N3O3S/c1-11(15(23)21-10-12-6-8-20-9-7-12)22-26(24,25)14-5-3-2-4-13(14)16(17,18)19/h2-9,11,22H,10H2,1H3,(H,21,23)/t11-/m0/s1. The van der Waals surface area contributed by atoms with Gasteiger partial charge in [0.15, 0.2) is 0 Å². The van der Waals surface area contributed by atoms with Crippen LogP contribution < -0.4 is 10.0 Å². The Balaban J connectivity index is 2.10. The summed E-state index contributed by atoms with van der Waals surface area (Å²) < 4.78 is 65.6. The first kappa shape index (κ1) is 19.9. The molecule has 0 bridgehead atoms. The number of alkyl halides is 3. The van der Waals surface area contributed by atoms with E-state index in [2.05, 4.69) is 10.3 Å². The number of nitrogens with one attached hydrogen (secondary N) is 2. The van der Waals surface area contributed by atoms with Crippen molar-refractivity contribution in [3.05, 3.63) is 59.9 Å². The fraction of sp³-hybridized carbons (Fsp3) is 0.250. The summed E-state index contributed by atoms with van der Waals surface area (Å²) in [5, 5.41) is 2.50. The third-order valence-electron chi connectivity index (χ3n) is 3.42. The fourth-order valence-electron chi connectivity index (χ4n) is 2.13. The zero-order valence-corrected chi connectivity index (χ0v) is 14.4. The van der Waals surface area contributed by atoms with E-state index in [1.165, 1.54) is 25.4 Å². The molecule has 0 aliphatic rings. The molecule has 0 radical (unpaired) electrons. The lowest BCUT2D eigenvalue weighted by molar-refractivity contribution is -0.139. The van der Waals surface area contributed by atoms with Crippen molar-refractivity contribution in [3.8, 4) is 0 Å². The van der Waals surface area contributed by atoms with Crippen LogP contribution in [0.3, 0.4) is 0 Å². The van der Waals surface area contributed by atoms with Crippen LogP contribution in [0.1, 0.15) is 18.1 Å². The molecular weight excluding hydrogens is 371 g/mol. The second-order valence-corrected chi connectivity index (χ2v) is 7.09. The molecule has 0 saturated heterocycles. The first-order valence-corrected chi connectivity index (χ1v) is 8.95. The summed E-state index contributed by atoms with van der Waals surface area (Å²) in [5.74, 6) is -0.671. The Morgan fingerprint density at radius 2 is 1.77 bits per heavy atom. The first-order chi connectivity index (χ1) is 12.1. The molecule has 0 unspecified atom stereocenters. The van der Waals surface area contributed by atoms with Gasteiger partial charge in [-0.25, -0.2) is 8.42 Å². The van der Waals surface area contributed by atoms with E-state index in [-0.39, 0.29) is 6.54 Å². The van der Waals surface area contributed by atoms with Crippen LogP contribution in [0, 0.1) is 0 Å². The molecule has 0 aliphatic heterocycles. The van der Waals surface area contributed by atoms with Crippen LogP contribution in [-0.2, 0) is 27.5 Å². The number of pyridine rings is 1. The lowest BCUT2D eigenvalue weighted by atomic mass is 10.2. The van der Waals surface area contributed by atoms with Crippen LogP contribution in [0.5, 0.6) is 0 Å². The molecule has 26 heavy (non-hydrogen) atoms. The Morgan fingerprint density at radius 3 is 2.38 bits per heavy atom.